The van der Waals surface area contributed by atoms with Gasteiger partial charge in [-0.15, -0.1) is 0 Å². The number of para-hydroxylation sites is 2. The second-order valence-electron chi connectivity index (χ2n) is 5.04. The molecule has 19 heavy (non-hydrogen) atoms. The van der Waals surface area contributed by atoms with Crippen LogP contribution < -0.4 is 16.0 Å². The van der Waals surface area contributed by atoms with E-state index in [0.717, 1.165) is 29.6 Å². The Morgan fingerprint density at radius 1 is 1.42 bits per heavy atom. The first kappa shape index (κ1) is 11.9. The SMILES string of the molecule is CC1CCCN1c1cc(Nc2ccccc2N)[nH]n1. The molecule has 100 valence electrons. The molecule has 1 aliphatic heterocycles. The number of aromatic nitrogens is 2. The van der Waals surface area contributed by atoms with Gasteiger partial charge in [0.1, 0.15) is 5.82 Å². The molecule has 1 atom stereocenters. The van der Waals surface area contributed by atoms with Crippen LogP contribution in [0.1, 0.15) is 19.8 Å². The molecule has 4 N–H and O–H groups in total. The van der Waals surface area contributed by atoms with Gasteiger partial charge in [-0.3, -0.25) is 5.10 Å². The van der Waals surface area contributed by atoms with Gasteiger partial charge >= 0.3 is 0 Å². The van der Waals surface area contributed by atoms with Gasteiger partial charge in [0, 0.05) is 18.7 Å². The summed E-state index contributed by atoms with van der Waals surface area (Å²) in [6.45, 7) is 3.32. The van der Waals surface area contributed by atoms with Gasteiger partial charge in [0.05, 0.1) is 11.4 Å². The van der Waals surface area contributed by atoms with E-state index in [0.29, 0.717) is 6.04 Å². The van der Waals surface area contributed by atoms with Crippen molar-refractivity contribution in [1.29, 1.82) is 0 Å². The maximum atomic E-state index is 5.91. The zero-order valence-corrected chi connectivity index (χ0v) is 11.1. The number of hydrogen-bond acceptors (Lipinski definition) is 4. The molecule has 2 aromatic rings. The lowest BCUT2D eigenvalue weighted by atomic mass is 10.2. The molecule has 3 rings (SSSR count). The number of aromatic amines is 1. The predicted octanol–water partition coefficient (Wildman–Crippen LogP) is 2.72. The van der Waals surface area contributed by atoms with Crippen LogP contribution in [-0.4, -0.2) is 22.8 Å². The monoisotopic (exact) mass is 257 g/mol. The van der Waals surface area contributed by atoms with Crippen molar-refractivity contribution >= 4 is 23.0 Å². The minimum Gasteiger partial charge on any atom is -0.397 e. The van der Waals surface area contributed by atoms with E-state index in [1.165, 1.54) is 12.8 Å². The molecule has 1 saturated heterocycles. The number of nitrogens with one attached hydrogen (secondary N) is 2. The van der Waals surface area contributed by atoms with E-state index in [-0.39, 0.29) is 0 Å². The van der Waals surface area contributed by atoms with Crippen molar-refractivity contribution in [3.05, 3.63) is 30.3 Å². The van der Waals surface area contributed by atoms with Crippen LogP contribution in [-0.2, 0) is 0 Å². The number of hydrogen-bond donors (Lipinski definition) is 3. The van der Waals surface area contributed by atoms with Crippen LogP contribution in [0.2, 0.25) is 0 Å². The fraction of sp³-hybridized carbons (Fsp3) is 0.357. The summed E-state index contributed by atoms with van der Waals surface area (Å²) < 4.78 is 0. The minimum atomic E-state index is 0.568. The molecule has 0 amide bonds. The highest BCUT2D eigenvalue weighted by Crippen LogP contribution is 2.27. The van der Waals surface area contributed by atoms with Crippen LogP contribution >= 0.6 is 0 Å². The fourth-order valence-corrected chi connectivity index (χ4v) is 2.55. The van der Waals surface area contributed by atoms with Crippen LogP contribution in [0.4, 0.5) is 23.0 Å². The van der Waals surface area contributed by atoms with Crippen molar-refractivity contribution in [2.75, 3.05) is 22.5 Å². The lowest BCUT2D eigenvalue weighted by Crippen LogP contribution is -2.26. The smallest absolute Gasteiger partial charge is 0.152 e. The van der Waals surface area contributed by atoms with E-state index >= 15 is 0 Å². The Hall–Kier alpha value is -2.17. The molecule has 0 radical (unpaired) electrons. The summed E-state index contributed by atoms with van der Waals surface area (Å²) >= 11 is 0. The first-order valence-electron chi connectivity index (χ1n) is 6.67. The van der Waals surface area contributed by atoms with Crippen LogP contribution in [0, 0.1) is 0 Å². The molecule has 0 saturated carbocycles. The van der Waals surface area contributed by atoms with Gasteiger partial charge in [-0.2, -0.15) is 5.10 Å². The number of rotatable bonds is 3. The minimum absolute atomic E-state index is 0.568. The number of anilines is 4. The van der Waals surface area contributed by atoms with E-state index in [4.69, 9.17) is 5.73 Å². The highest BCUT2D eigenvalue weighted by Gasteiger charge is 2.22. The van der Waals surface area contributed by atoms with Gasteiger partial charge in [-0.25, -0.2) is 0 Å². The molecule has 1 fully saturated rings. The number of H-pyrrole nitrogens is 1. The second-order valence-corrected chi connectivity index (χ2v) is 5.04. The fourth-order valence-electron chi connectivity index (χ4n) is 2.55. The molecule has 1 unspecified atom stereocenters. The lowest BCUT2D eigenvalue weighted by Gasteiger charge is -2.20. The van der Waals surface area contributed by atoms with Crippen molar-refractivity contribution < 1.29 is 0 Å². The standard InChI is InChI=1S/C14H19N5/c1-10-5-4-8-19(10)14-9-13(17-18-14)16-12-7-3-2-6-11(12)15/h2-3,6-7,9-10H,4-5,8,15H2,1H3,(H2,16,17,18). The quantitative estimate of drug-likeness (QED) is 0.739. The van der Waals surface area contributed by atoms with E-state index in [9.17, 15) is 0 Å². The first-order valence-corrected chi connectivity index (χ1v) is 6.67. The number of nitrogen functional groups attached to an aromatic ring is 1. The zero-order valence-electron chi connectivity index (χ0n) is 11.1. The van der Waals surface area contributed by atoms with Gasteiger partial charge in [-0.1, -0.05) is 12.1 Å². The number of nitrogens with two attached hydrogens (primary N) is 1. The highest BCUT2D eigenvalue weighted by molar-refractivity contribution is 5.71. The van der Waals surface area contributed by atoms with Crippen molar-refractivity contribution in [1.82, 2.24) is 10.2 Å². The van der Waals surface area contributed by atoms with Gasteiger partial charge in [0.2, 0.25) is 0 Å². The summed E-state index contributed by atoms with van der Waals surface area (Å²) in [5, 5.41) is 10.7. The van der Waals surface area contributed by atoms with Crippen molar-refractivity contribution in [3.8, 4) is 0 Å². The summed E-state index contributed by atoms with van der Waals surface area (Å²) in [4.78, 5) is 2.33. The zero-order chi connectivity index (χ0) is 13.2. The van der Waals surface area contributed by atoms with Crippen LogP contribution in [0.5, 0.6) is 0 Å². The van der Waals surface area contributed by atoms with Crippen molar-refractivity contribution in [2.24, 2.45) is 0 Å². The number of nitrogens with zero attached hydrogens (tertiary/aromatic N) is 2. The summed E-state index contributed by atoms with van der Waals surface area (Å²) in [5.74, 6) is 1.87. The Balaban J connectivity index is 1.77. The summed E-state index contributed by atoms with van der Waals surface area (Å²) in [5.41, 5.74) is 7.54. The molecule has 0 bridgehead atoms. The Morgan fingerprint density at radius 3 is 3.00 bits per heavy atom. The average molecular weight is 257 g/mol. The molecule has 2 heterocycles. The summed E-state index contributed by atoms with van der Waals surface area (Å²) in [7, 11) is 0. The average Bonchev–Trinajstić information content (AvgIpc) is 3.01. The van der Waals surface area contributed by atoms with E-state index < -0.39 is 0 Å². The molecule has 1 aromatic carbocycles. The molecule has 1 aromatic heterocycles. The van der Waals surface area contributed by atoms with E-state index in [2.05, 4.69) is 27.3 Å². The summed E-state index contributed by atoms with van der Waals surface area (Å²) in [6, 6.07) is 10.3. The molecule has 1 aliphatic rings. The van der Waals surface area contributed by atoms with Gasteiger partial charge < -0.3 is 16.0 Å². The van der Waals surface area contributed by atoms with Gasteiger partial charge in [0.25, 0.3) is 0 Å². The predicted molar refractivity (Wildman–Crippen MR) is 78.8 cm³/mol. The van der Waals surface area contributed by atoms with Gasteiger partial charge in [0.15, 0.2) is 5.82 Å². The Morgan fingerprint density at radius 2 is 2.26 bits per heavy atom. The Kier molecular flexibility index (Phi) is 3.03. The van der Waals surface area contributed by atoms with Crippen LogP contribution in [0.25, 0.3) is 0 Å². The molecule has 0 aliphatic carbocycles. The second kappa shape index (κ2) is 4.84. The normalized spacial score (nSPS) is 18.8. The maximum Gasteiger partial charge on any atom is 0.152 e. The van der Waals surface area contributed by atoms with Crippen LogP contribution in [0.3, 0.4) is 0 Å². The van der Waals surface area contributed by atoms with Gasteiger partial charge in [-0.05, 0) is 31.9 Å². The van der Waals surface area contributed by atoms with Crippen LogP contribution in [0.15, 0.2) is 30.3 Å². The van der Waals surface area contributed by atoms with E-state index in [1.54, 1.807) is 0 Å². The third-order valence-corrected chi connectivity index (χ3v) is 3.64. The molecular weight excluding hydrogens is 238 g/mol. The Labute approximate surface area is 112 Å². The molecular formula is C14H19N5. The third-order valence-electron chi connectivity index (χ3n) is 3.64. The molecule has 5 nitrogen and oxygen atoms in total. The maximum absolute atomic E-state index is 5.91. The topological polar surface area (TPSA) is 70.0 Å². The highest BCUT2D eigenvalue weighted by atomic mass is 15.3. The van der Waals surface area contributed by atoms with E-state index in [1.807, 2.05) is 30.3 Å². The first-order chi connectivity index (χ1) is 9.24. The largest absolute Gasteiger partial charge is 0.397 e. The third kappa shape index (κ3) is 2.36. The number of benzene rings is 1. The Bertz CT molecular complexity index is 562. The van der Waals surface area contributed by atoms with Crippen molar-refractivity contribution in [2.45, 2.75) is 25.8 Å². The molecule has 0 spiro atoms. The lowest BCUT2D eigenvalue weighted by molar-refractivity contribution is 0.725. The summed E-state index contributed by atoms with van der Waals surface area (Å²) in [6.07, 6.45) is 2.48. The molecule has 5 heteroatoms. The van der Waals surface area contributed by atoms with Crippen molar-refractivity contribution in [3.63, 3.8) is 0 Å².